The van der Waals surface area contributed by atoms with Gasteiger partial charge in [0.2, 0.25) is 5.91 Å². The second-order valence-corrected chi connectivity index (χ2v) is 7.70. The van der Waals surface area contributed by atoms with Crippen LogP contribution in [-0.2, 0) is 11.3 Å². The lowest BCUT2D eigenvalue weighted by molar-refractivity contribution is -0.132. The fourth-order valence-electron chi connectivity index (χ4n) is 3.51. The Morgan fingerprint density at radius 3 is 2.68 bits per heavy atom. The molecule has 3 aromatic rings. The highest BCUT2D eigenvalue weighted by Gasteiger charge is 2.24. The van der Waals surface area contributed by atoms with Crippen molar-refractivity contribution in [3.05, 3.63) is 53.2 Å². The monoisotopic (exact) mass is 461 g/mol. The maximum absolute atomic E-state index is 12.9. The molecule has 4 rings (SSSR count). The number of carbonyl (C=O) groups is 1. The SMILES string of the molecule is C=Cc1c(Cl)c(-n2cncn2)nn1CC(=O)N1CCN(c2ccc(Cl)c(OC)c2)CC1. The van der Waals surface area contributed by atoms with E-state index in [0.717, 1.165) is 5.69 Å². The van der Waals surface area contributed by atoms with Crippen LogP contribution in [-0.4, -0.2) is 68.6 Å². The van der Waals surface area contributed by atoms with Crippen LogP contribution in [0.3, 0.4) is 0 Å². The average molecular weight is 462 g/mol. The molecule has 1 aromatic carbocycles. The van der Waals surface area contributed by atoms with E-state index in [2.05, 4.69) is 26.7 Å². The summed E-state index contributed by atoms with van der Waals surface area (Å²) < 4.78 is 8.30. The van der Waals surface area contributed by atoms with Gasteiger partial charge < -0.3 is 14.5 Å². The molecule has 2 aromatic heterocycles. The number of methoxy groups -OCH3 is 1. The lowest BCUT2D eigenvalue weighted by atomic mass is 10.2. The van der Waals surface area contributed by atoms with Crippen LogP contribution in [0.2, 0.25) is 10.0 Å². The van der Waals surface area contributed by atoms with E-state index in [1.807, 2.05) is 23.1 Å². The van der Waals surface area contributed by atoms with Crippen molar-refractivity contribution in [3.63, 3.8) is 0 Å². The van der Waals surface area contributed by atoms with Crippen molar-refractivity contribution in [3.8, 4) is 11.6 Å². The van der Waals surface area contributed by atoms with Gasteiger partial charge in [-0.1, -0.05) is 29.8 Å². The van der Waals surface area contributed by atoms with E-state index in [1.165, 1.54) is 17.3 Å². The van der Waals surface area contributed by atoms with Crippen LogP contribution in [0, 0.1) is 0 Å². The lowest BCUT2D eigenvalue weighted by Crippen LogP contribution is -2.49. The van der Waals surface area contributed by atoms with Crippen molar-refractivity contribution in [2.45, 2.75) is 6.54 Å². The first kappa shape index (κ1) is 21.2. The van der Waals surface area contributed by atoms with E-state index < -0.39 is 0 Å². The van der Waals surface area contributed by atoms with Crippen molar-refractivity contribution in [1.29, 1.82) is 0 Å². The molecular weight excluding hydrogens is 441 g/mol. The van der Waals surface area contributed by atoms with Crippen molar-refractivity contribution in [2.24, 2.45) is 0 Å². The quantitative estimate of drug-likeness (QED) is 0.561. The number of anilines is 1. The molecule has 0 N–H and O–H groups in total. The summed E-state index contributed by atoms with van der Waals surface area (Å²) in [5.41, 5.74) is 1.58. The first-order chi connectivity index (χ1) is 15.0. The van der Waals surface area contributed by atoms with Gasteiger partial charge in [0.1, 0.15) is 30.0 Å². The van der Waals surface area contributed by atoms with Crippen molar-refractivity contribution in [1.82, 2.24) is 29.4 Å². The van der Waals surface area contributed by atoms with E-state index in [-0.39, 0.29) is 12.5 Å². The summed E-state index contributed by atoms with van der Waals surface area (Å²) in [5, 5.41) is 9.43. The molecule has 1 aliphatic heterocycles. The maximum atomic E-state index is 12.9. The summed E-state index contributed by atoms with van der Waals surface area (Å²) in [6.07, 6.45) is 4.47. The van der Waals surface area contributed by atoms with Gasteiger partial charge in [-0.3, -0.25) is 9.48 Å². The highest BCUT2D eigenvalue weighted by Crippen LogP contribution is 2.30. The number of hydrogen-bond donors (Lipinski definition) is 0. The fourth-order valence-corrected chi connectivity index (χ4v) is 4.00. The van der Waals surface area contributed by atoms with Crippen LogP contribution in [0.5, 0.6) is 5.75 Å². The zero-order valence-corrected chi connectivity index (χ0v) is 18.4. The molecule has 0 spiro atoms. The number of nitrogens with zero attached hydrogens (tertiary/aromatic N) is 7. The molecule has 162 valence electrons. The van der Waals surface area contributed by atoms with Crippen LogP contribution in [0.4, 0.5) is 5.69 Å². The van der Waals surface area contributed by atoms with Gasteiger partial charge in [-0.2, -0.15) is 14.9 Å². The Morgan fingerprint density at radius 1 is 1.26 bits per heavy atom. The molecule has 1 fully saturated rings. The molecule has 1 aliphatic rings. The van der Waals surface area contributed by atoms with Gasteiger partial charge in [0.25, 0.3) is 0 Å². The van der Waals surface area contributed by atoms with E-state index >= 15 is 0 Å². The Balaban J connectivity index is 1.43. The average Bonchev–Trinajstić information content (AvgIpc) is 3.42. The van der Waals surface area contributed by atoms with Crippen LogP contribution >= 0.6 is 23.2 Å². The summed E-state index contributed by atoms with van der Waals surface area (Å²) in [4.78, 5) is 20.9. The predicted molar refractivity (Wildman–Crippen MR) is 119 cm³/mol. The second-order valence-electron chi connectivity index (χ2n) is 6.91. The van der Waals surface area contributed by atoms with Crippen molar-refractivity contribution >= 4 is 40.9 Å². The molecule has 0 atom stereocenters. The molecule has 11 heteroatoms. The fraction of sp³-hybridized carbons (Fsp3) is 0.300. The third kappa shape index (κ3) is 4.24. The van der Waals surface area contributed by atoms with E-state index in [4.69, 9.17) is 27.9 Å². The summed E-state index contributed by atoms with van der Waals surface area (Å²) >= 11 is 12.5. The van der Waals surface area contributed by atoms with Gasteiger partial charge >= 0.3 is 0 Å². The summed E-state index contributed by atoms with van der Waals surface area (Å²) in [7, 11) is 1.59. The lowest BCUT2D eigenvalue weighted by Gasteiger charge is -2.36. The third-order valence-corrected chi connectivity index (χ3v) is 5.84. The van der Waals surface area contributed by atoms with Crippen LogP contribution in [0.1, 0.15) is 5.69 Å². The molecule has 1 saturated heterocycles. The maximum Gasteiger partial charge on any atom is 0.244 e. The standard InChI is InChI=1S/C20H21Cl2N7O2/c1-3-16-19(22)20(29-13-23-12-24-29)25-28(16)11-18(30)27-8-6-26(7-9-27)14-4-5-15(21)17(10-14)31-2/h3-5,10,12-13H,1,6-9,11H2,2H3. The first-order valence-corrected chi connectivity index (χ1v) is 10.4. The Bertz CT molecular complexity index is 1090. The van der Waals surface area contributed by atoms with Crippen LogP contribution in [0.15, 0.2) is 37.4 Å². The number of amides is 1. The number of aromatic nitrogens is 5. The third-order valence-electron chi connectivity index (χ3n) is 5.16. The van der Waals surface area contributed by atoms with E-state index in [1.54, 1.807) is 17.9 Å². The van der Waals surface area contributed by atoms with Gasteiger partial charge in [0.05, 0.1) is 17.8 Å². The van der Waals surface area contributed by atoms with E-state index in [9.17, 15) is 4.79 Å². The molecule has 0 saturated carbocycles. The molecule has 0 radical (unpaired) electrons. The van der Waals surface area contributed by atoms with Crippen molar-refractivity contribution in [2.75, 3.05) is 38.2 Å². The predicted octanol–water partition coefficient (Wildman–Crippen LogP) is 2.77. The highest BCUT2D eigenvalue weighted by atomic mass is 35.5. The summed E-state index contributed by atoms with van der Waals surface area (Å²) in [5.74, 6) is 0.998. The van der Waals surface area contributed by atoms with Gasteiger partial charge in [0.15, 0.2) is 5.82 Å². The zero-order valence-electron chi connectivity index (χ0n) is 16.9. The number of piperazine rings is 1. The molecule has 1 amide bonds. The number of rotatable bonds is 6. The topological polar surface area (TPSA) is 81.3 Å². The van der Waals surface area contributed by atoms with Crippen LogP contribution in [0.25, 0.3) is 11.9 Å². The van der Waals surface area contributed by atoms with Gasteiger partial charge in [-0.25, -0.2) is 4.98 Å². The molecule has 3 heterocycles. The number of hydrogen-bond acceptors (Lipinski definition) is 6. The van der Waals surface area contributed by atoms with E-state index in [0.29, 0.717) is 53.5 Å². The number of carbonyl (C=O) groups excluding carboxylic acids is 1. The Kier molecular flexibility index (Phi) is 6.15. The number of ether oxygens (including phenoxy) is 1. The van der Waals surface area contributed by atoms with Gasteiger partial charge in [0, 0.05) is 37.9 Å². The molecule has 9 nitrogen and oxygen atoms in total. The largest absolute Gasteiger partial charge is 0.495 e. The molecule has 31 heavy (non-hydrogen) atoms. The van der Waals surface area contributed by atoms with Crippen molar-refractivity contribution < 1.29 is 9.53 Å². The first-order valence-electron chi connectivity index (χ1n) is 9.61. The van der Waals surface area contributed by atoms with Gasteiger partial charge in [-0.05, 0) is 18.2 Å². The van der Waals surface area contributed by atoms with Crippen LogP contribution < -0.4 is 9.64 Å². The second kappa shape index (κ2) is 8.99. The Hall–Kier alpha value is -3.04. The Morgan fingerprint density at radius 2 is 2.03 bits per heavy atom. The Labute approximate surface area is 189 Å². The van der Waals surface area contributed by atoms with Gasteiger partial charge in [-0.15, -0.1) is 0 Å². The summed E-state index contributed by atoms with van der Waals surface area (Å²) in [6.45, 7) is 6.45. The molecule has 0 unspecified atom stereocenters. The normalized spacial score (nSPS) is 14.0. The smallest absolute Gasteiger partial charge is 0.244 e. The minimum Gasteiger partial charge on any atom is -0.495 e. The number of halogens is 2. The summed E-state index contributed by atoms with van der Waals surface area (Å²) in [6, 6.07) is 5.68. The zero-order chi connectivity index (χ0) is 22.0. The molecule has 0 bridgehead atoms. The highest BCUT2D eigenvalue weighted by molar-refractivity contribution is 6.33. The minimum absolute atomic E-state index is 0.0410. The number of benzene rings is 1. The molecular formula is C20H21Cl2N7O2. The molecule has 0 aliphatic carbocycles. The minimum atomic E-state index is -0.0410.